The summed E-state index contributed by atoms with van der Waals surface area (Å²) in [6, 6.07) is 0. The molecule has 0 amide bonds. The summed E-state index contributed by atoms with van der Waals surface area (Å²) < 4.78 is 16.6. The molecule has 0 bridgehead atoms. The molecule has 0 rings (SSSR count). The highest BCUT2D eigenvalue weighted by Gasteiger charge is 2.19. The van der Waals surface area contributed by atoms with Crippen molar-refractivity contribution in [2.45, 2.75) is 232 Å². The summed E-state index contributed by atoms with van der Waals surface area (Å²) in [5, 5.41) is 0. The summed E-state index contributed by atoms with van der Waals surface area (Å²) in [6.07, 6.45) is 63.1. The van der Waals surface area contributed by atoms with Gasteiger partial charge in [0.05, 0.1) is 0 Å². The number of rotatable bonds is 44. The molecule has 1 atom stereocenters. The SMILES string of the molecule is CC/C=C\C/C=C\C/C=C\C/C=C\C/C=C\C/C=C\CCC(=O)OCC(COC(=O)CCCCCCCCC)OC(=O)CCCCCCCCC/C=C\CCCCCCCC. The standard InChI is InChI=1S/C55H92O6/c1-4-7-10-13-16-18-20-22-24-26-27-29-30-32-34-36-39-42-45-48-54(57)60-51-52(50-59-53(56)47-44-41-38-15-12-9-6-3)61-55(58)49-46-43-40-37-35-33-31-28-25-23-21-19-17-14-11-8-5-2/h7,10,16,18,22-25,27,29,32,34,39,42,52H,4-6,8-9,11-15,17,19-21,26,28,30-31,33,35-38,40-41,43-51H2,1-3H3/b10-7-,18-16-,24-22-,25-23-,29-27-,34-32-,42-39-. The van der Waals surface area contributed by atoms with E-state index in [0.29, 0.717) is 19.3 Å². The third-order valence-electron chi connectivity index (χ3n) is 10.4. The van der Waals surface area contributed by atoms with Gasteiger partial charge < -0.3 is 14.2 Å². The third kappa shape index (κ3) is 47.5. The zero-order valence-electron chi connectivity index (χ0n) is 39.7. The van der Waals surface area contributed by atoms with Crippen LogP contribution in [0.15, 0.2) is 85.1 Å². The fraction of sp³-hybridized carbons (Fsp3) is 0.691. The van der Waals surface area contributed by atoms with E-state index >= 15 is 0 Å². The van der Waals surface area contributed by atoms with Crippen LogP contribution in [0, 0.1) is 0 Å². The van der Waals surface area contributed by atoms with E-state index in [1.807, 2.05) is 12.2 Å². The van der Waals surface area contributed by atoms with Crippen molar-refractivity contribution >= 4 is 17.9 Å². The average Bonchev–Trinajstić information content (AvgIpc) is 3.26. The molecule has 0 saturated heterocycles. The molecule has 348 valence electrons. The molecule has 61 heavy (non-hydrogen) atoms. The van der Waals surface area contributed by atoms with Gasteiger partial charge in [-0.25, -0.2) is 0 Å². The molecule has 0 saturated carbocycles. The van der Waals surface area contributed by atoms with Gasteiger partial charge in [0, 0.05) is 19.3 Å². The van der Waals surface area contributed by atoms with Crippen molar-refractivity contribution in [1.29, 1.82) is 0 Å². The zero-order valence-corrected chi connectivity index (χ0v) is 39.7. The number of carbonyl (C=O) groups excluding carboxylic acids is 3. The van der Waals surface area contributed by atoms with Crippen molar-refractivity contribution in [2.75, 3.05) is 13.2 Å². The molecule has 0 aliphatic carbocycles. The Balaban J connectivity index is 4.40. The molecule has 0 N–H and O–H groups in total. The lowest BCUT2D eigenvalue weighted by atomic mass is 10.1. The molecular formula is C55H92O6. The highest BCUT2D eigenvalue weighted by atomic mass is 16.6. The topological polar surface area (TPSA) is 78.9 Å². The second kappa shape index (κ2) is 49.2. The molecular weight excluding hydrogens is 757 g/mol. The summed E-state index contributed by atoms with van der Waals surface area (Å²) in [6.45, 7) is 6.40. The van der Waals surface area contributed by atoms with Gasteiger partial charge in [0.1, 0.15) is 13.2 Å². The lowest BCUT2D eigenvalue weighted by Crippen LogP contribution is -2.30. The highest BCUT2D eigenvalue weighted by molar-refractivity contribution is 5.71. The van der Waals surface area contributed by atoms with Crippen LogP contribution >= 0.6 is 0 Å². The maximum atomic E-state index is 12.7. The summed E-state index contributed by atoms with van der Waals surface area (Å²) in [4.78, 5) is 37.7. The Morgan fingerprint density at radius 1 is 0.344 bits per heavy atom. The van der Waals surface area contributed by atoms with Crippen molar-refractivity contribution in [3.63, 3.8) is 0 Å². The lowest BCUT2D eigenvalue weighted by Gasteiger charge is -2.18. The maximum absolute atomic E-state index is 12.7. The third-order valence-corrected chi connectivity index (χ3v) is 10.4. The smallest absolute Gasteiger partial charge is 0.306 e. The number of hydrogen-bond acceptors (Lipinski definition) is 6. The van der Waals surface area contributed by atoms with E-state index < -0.39 is 6.10 Å². The molecule has 0 heterocycles. The van der Waals surface area contributed by atoms with E-state index in [4.69, 9.17) is 14.2 Å². The van der Waals surface area contributed by atoms with Gasteiger partial charge in [0.15, 0.2) is 6.10 Å². The molecule has 0 aliphatic heterocycles. The van der Waals surface area contributed by atoms with Crippen molar-refractivity contribution < 1.29 is 28.6 Å². The van der Waals surface area contributed by atoms with Crippen LogP contribution in [-0.2, 0) is 28.6 Å². The van der Waals surface area contributed by atoms with E-state index in [2.05, 4.69) is 93.7 Å². The average molecular weight is 849 g/mol. The van der Waals surface area contributed by atoms with E-state index in [1.54, 1.807) is 0 Å². The van der Waals surface area contributed by atoms with Crippen LogP contribution in [0.25, 0.3) is 0 Å². The van der Waals surface area contributed by atoms with Crippen LogP contribution in [0.4, 0.5) is 0 Å². The first-order valence-corrected chi connectivity index (χ1v) is 25.1. The van der Waals surface area contributed by atoms with E-state index in [1.165, 1.54) is 103 Å². The largest absolute Gasteiger partial charge is 0.462 e. The van der Waals surface area contributed by atoms with Crippen LogP contribution in [0.1, 0.15) is 226 Å². The predicted octanol–water partition coefficient (Wildman–Crippen LogP) is 16.4. The Hall–Kier alpha value is -3.41. The summed E-state index contributed by atoms with van der Waals surface area (Å²) >= 11 is 0. The monoisotopic (exact) mass is 849 g/mol. The minimum Gasteiger partial charge on any atom is -0.462 e. The fourth-order valence-electron chi connectivity index (χ4n) is 6.64. The van der Waals surface area contributed by atoms with Crippen LogP contribution in [0.5, 0.6) is 0 Å². The van der Waals surface area contributed by atoms with Crippen LogP contribution in [-0.4, -0.2) is 37.2 Å². The molecule has 0 spiro atoms. The molecule has 0 aromatic rings. The number of esters is 3. The molecule has 6 nitrogen and oxygen atoms in total. The molecule has 6 heteroatoms. The quantitative estimate of drug-likeness (QED) is 0.0263. The van der Waals surface area contributed by atoms with Gasteiger partial charge in [-0.3, -0.25) is 14.4 Å². The van der Waals surface area contributed by atoms with Gasteiger partial charge in [-0.15, -0.1) is 0 Å². The molecule has 0 aromatic heterocycles. The van der Waals surface area contributed by atoms with Gasteiger partial charge >= 0.3 is 17.9 Å². The van der Waals surface area contributed by atoms with Gasteiger partial charge in [-0.2, -0.15) is 0 Å². The second-order valence-electron chi connectivity index (χ2n) is 16.3. The van der Waals surface area contributed by atoms with Crippen molar-refractivity contribution in [3.05, 3.63) is 85.1 Å². The van der Waals surface area contributed by atoms with Crippen LogP contribution in [0.3, 0.4) is 0 Å². The van der Waals surface area contributed by atoms with Crippen LogP contribution < -0.4 is 0 Å². The fourth-order valence-corrected chi connectivity index (χ4v) is 6.64. The number of carbonyl (C=O) groups is 3. The van der Waals surface area contributed by atoms with Crippen molar-refractivity contribution in [2.24, 2.45) is 0 Å². The number of unbranched alkanes of at least 4 members (excludes halogenated alkanes) is 19. The van der Waals surface area contributed by atoms with Gasteiger partial charge in [0.25, 0.3) is 0 Å². The van der Waals surface area contributed by atoms with Gasteiger partial charge in [0.2, 0.25) is 0 Å². The zero-order chi connectivity index (χ0) is 44.4. The molecule has 0 fully saturated rings. The van der Waals surface area contributed by atoms with Gasteiger partial charge in [-0.05, 0) is 83.5 Å². The highest BCUT2D eigenvalue weighted by Crippen LogP contribution is 2.13. The normalized spacial score (nSPS) is 12.8. The molecule has 0 radical (unpaired) electrons. The first kappa shape index (κ1) is 57.6. The summed E-state index contributed by atoms with van der Waals surface area (Å²) in [5.74, 6) is -1.00. The minimum absolute atomic E-state index is 0.101. The first-order chi connectivity index (χ1) is 30.0. The molecule has 0 aliphatic rings. The summed E-state index contributed by atoms with van der Waals surface area (Å²) in [7, 11) is 0. The maximum Gasteiger partial charge on any atom is 0.306 e. The van der Waals surface area contributed by atoms with E-state index in [-0.39, 0.29) is 37.5 Å². The number of hydrogen-bond donors (Lipinski definition) is 0. The predicted molar refractivity (Wildman–Crippen MR) is 261 cm³/mol. The Labute approximate surface area is 375 Å². The van der Waals surface area contributed by atoms with Crippen molar-refractivity contribution in [3.8, 4) is 0 Å². The summed E-state index contributed by atoms with van der Waals surface area (Å²) in [5.41, 5.74) is 0. The lowest BCUT2D eigenvalue weighted by molar-refractivity contribution is -0.166. The Morgan fingerprint density at radius 2 is 0.672 bits per heavy atom. The van der Waals surface area contributed by atoms with Crippen LogP contribution in [0.2, 0.25) is 0 Å². The second-order valence-corrected chi connectivity index (χ2v) is 16.3. The Kier molecular flexibility index (Phi) is 46.5. The Morgan fingerprint density at radius 3 is 1.10 bits per heavy atom. The molecule has 1 unspecified atom stereocenters. The Bertz CT molecular complexity index is 1200. The van der Waals surface area contributed by atoms with E-state index in [0.717, 1.165) is 77.0 Å². The first-order valence-electron chi connectivity index (χ1n) is 25.1. The number of allylic oxidation sites excluding steroid dienone is 14. The van der Waals surface area contributed by atoms with E-state index in [9.17, 15) is 14.4 Å². The van der Waals surface area contributed by atoms with Gasteiger partial charge in [-0.1, -0.05) is 209 Å². The number of ether oxygens (including phenoxy) is 3. The molecule has 0 aromatic carbocycles. The van der Waals surface area contributed by atoms with Crippen molar-refractivity contribution in [1.82, 2.24) is 0 Å². The minimum atomic E-state index is -0.805.